The van der Waals surface area contributed by atoms with Crippen LogP contribution in [0, 0.1) is 5.92 Å². The molecule has 3 heterocycles. The van der Waals surface area contributed by atoms with Gasteiger partial charge < -0.3 is 19.6 Å². The van der Waals surface area contributed by atoms with Crippen molar-refractivity contribution in [3.63, 3.8) is 0 Å². The molecule has 2 aliphatic heterocycles. The fourth-order valence-electron chi connectivity index (χ4n) is 4.33. The van der Waals surface area contributed by atoms with Crippen LogP contribution in [0.25, 0.3) is 0 Å². The van der Waals surface area contributed by atoms with Gasteiger partial charge in [0, 0.05) is 12.7 Å². The first-order chi connectivity index (χ1) is 14.0. The van der Waals surface area contributed by atoms with Crippen molar-refractivity contribution in [3.05, 3.63) is 59.9 Å². The van der Waals surface area contributed by atoms with Gasteiger partial charge in [0.2, 0.25) is 5.91 Å². The van der Waals surface area contributed by atoms with E-state index >= 15 is 0 Å². The number of pyridine rings is 1. The number of ether oxygens (including phenoxy) is 1. The number of aromatic hydroxyl groups is 1. The number of esters is 1. The topological polar surface area (TPSA) is 100 Å². The molecule has 8 nitrogen and oxygen atoms in total. The number of hydrogen-bond donors (Lipinski definition) is 1. The maximum absolute atomic E-state index is 13.0. The Balaban J connectivity index is 1.64. The monoisotopic (exact) mass is 395 g/mol. The molecule has 8 heteroatoms. The van der Waals surface area contributed by atoms with Crippen molar-refractivity contribution >= 4 is 17.8 Å². The highest BCUT2D eigenvalue weighted by atomic mass is 16.5. The van der Waals surface area contributed by atoms with E-state index in [0.29, 0.717) is 6.42 Å². The summed E-state index contributed by atoms with van der Waals surface area (Å²) in [5, 5.41) is 9.94. The Morgan fingerprint density at radius 3 is 2.62 bits per heavy atom. The lowest BCUT2D eigenvalue weighted by Gasteiger charge is -2.40. The number of piperazine rings is 1. The molecule has 1 aromatic carbocycles. The zero-order valence-corrected chi connectivity index (χ0v) is 15.9. The second kappa shape index (κ2) is 7.54. The summed E-state index contributed by atoms with van der Waals surface area (Å²) in [5.41, 5.74) is 0.775. The minimum absolute atomic E-state index is 0.0872. The molecule has 0 unspecified atom stereocenters. The van der Waals surface area contributed by atoms with Crippen molar-refractivity contribution in [1.29, 1.82) is 0 Å². The maximum Gasteiger partial charge on any atom is 0.311 e. The summed E-state index contributed by atoms with van der Waals surface area (Å²) < 4.78 is 4.99. The van der Waals surface area contributed by atoms with Crippen LogP contribution in [0.2, 0.25) is 0 Å². The number of nitrogens with zero attached hydrogens (tertiary/aromatic N) is 3. The molecule has 0 bridgehead atoms. The minimum Gasteiger partial charge on any atom is -0.505 e. The van der Waals surface area contributed by atoms with Crippen molar-refractivity contribution < 1.29 is 24.2 Å². The van der Waals surface area contributed by atoms with Crippen LogP contribution in [0.1, 0.15) is 28.5 Å². The molecule has 1 aromatic heterocycles. The second-order valence-corrected chi connectivity index (χ2v) is 7.23. The third-order valence-electron chi connectivity index (χ3n) is 5.57. The first-order valence-electron chi connectivity index (χ1n) is 9.38. The molecule has 0 radical (unpaired) electrons. The molecule has 4 rings (SSSR count). The Hall–Kier alpha value is -3.42. The van der Waals surface area contributed by atoms with Crippen LogP contribution >= 0.6 is 0 Å². The van der Waals surface area contributed by atoms with E-state index in [1.54, 1.807) is 4.90 Å². The van der Waals surface area contributed by atoms with Crippen LogP contribution in [-0.2, 0) is 14.3 Å². The Labute approximate surface area is 167 Å². The van der Waals surface area contributed by atoms with Crippen LogP contribution < -0.4 is 0 Å². The van der Waals surface area contributed by atoms with Crippen LogP contribution in [0.15, 0.2) is 48.7 Å². The highest BCUT2D eigenvalue weighted by Gasteiger charge is 2.51. The first kappa shape index (κ1) is 18.9. The van der Waals surface area contributed by atoms with Crippen molar-refractivity contribution in [2.45, 2.75) is 18.5 Å². The lowest BCUT2D eigenvalue weighted by molar-refractivity contribution is -0.147. The smallest absolute Gasteiger partial charge is 0.311 e. The highest BCUT2D eigenvalue weighted by Crippen LogP contribution is 2.43. The van der Waals surface area contributed by atoms with E-state index in [1.165, 1.54) is 30.3 Å². The van der Waals surface area contributed by atoms with E-state index < -0.39 is 17.9 Å². The van der Waals surface area contributed by atoms with Gasteiger partial charge in [-0.3, -0.25) is 14.4 Å². The zero-order valence-electron chi connectivity index (χ0n) is 15.9. The SMILES string of the molecule is COC(=O)[C@H]1C[C@H]2CN(C(=O)c3ncccc3O)CC(=O)N2[C@H]1c1ccccc1. The Bertz CT molecular complexity index is 948. The maximum atomic E-state index is 13.0. The molecule has 1 N–H and O–H groups in total. The second-order valence-electron chi connectivity index (χ2n) is 7.23. The van der Waals surface area contributed by atoms with Gasteiger partial charge in [0.1, 0.15) is 12.3 Å². The van der Waals surface area contributed by atoms with Gasteiger partial charge in [0.25, 0.3) is 5.91 Å². The number of rotatable bonds is 3. The van der Waals surface area contributed by atoms with Gasteiger partial charge in [-0.2, -0.15) is 0 Å². The lowest BCUT2D eigenvalue weighted by atomic mass is 9.93. The predicted octanol–water partition coefficient (Wildman–Crippen LogP) is 1.37. The molecule has 150 valence electrons. The van der Waals surface area contributed by atoms with Gasteiger partial charge in [-0.25, -0.2) is 4.98 Å². The third kappa shape index (κ3) is 3.30. The molecule has 2 fully saturated rings. The van der Waals surface area contributed by atoms with Gasteiger partial charge in [-0.05, 0) is 24.1 Å². The Morgan fingerprint density at radius 2 is 1.93 bits per heavy atom. The van der Waals surface area contributed by atoms with Gasteiger partial charge in [-0.15, -0.1) is 0 Å². The van der Waals surface area contributed by atoms with Gasteiger partial charge in [-0.1, -0.05) is 30.3 Å². The molecule has 0 saturated carbocycles. The van der Waals surface area contributed by atoms with E-state index in [1.807, 2.05) is 30.3 Å². The van der Waals surface area contributed by atoms with E-state index in [0.717, 1.165) is 5.56 Å². The fourth-order valence-corrected chi connectivity index (χ4v) is 4.33. The average Bonchev–Trinajstić information content (AvgIpc) is 3.14. The molecular formula is C21H21N3O5. The first-order valence-corrected chi connectivity index (χ1v) is 9.38. The number of hydrogen-bond acceptors (Lipinski definition) is 6. The lowest BCUT2D eigenvalue weighted by Crippen LogP contribution is -2.56. The molecule has 29 heavy (non-hydrogen) atoms. The van der Waals surface area contributed by atoms with E-state index in [9.17, 15) is 19.5 Å². The predicted molar refractivity (Wildman–Crippen MR) is 102 cm³/mol. The van der Waals surface area contributed by atoms with Crippen LogP contribution in [0.3, 0.4) is 0 Å². The molecule has 2 aromatic rings. The van der Waals surface area contributed by atoms with Crippen molar-refractivity contribution in [2.24, 2.45) is 5.92 Å². The van der Waals surface area contributed by atoms with Crippen LogP contribution in [0.4, 0.5) is 0 Å². The summed E-state index contributed by atoms with van der Waals surface area (Å²) in [6.07, 6.45) is 1.81. The highest BCUT2D eigenvalue weighted by molar-refractivity contribution is 5.98. The summed E-state index contributed by atoms with van der Waals surface area (Å²) in [5.74, 6) is -1.86. The van der Waals surface area contributed by atoms with Crippen LogP contribution in [-0.4, -0.2) is 63.9 Å². The zero-order chi connectivity index (χ0) is 20.5. The third-order valence-corrected chi connectivity index (χ3v) is 5.57. The number of carbonyl (C=O) groups excluding carboxylic acids is 3. The largest absolute Gasteiger partial charge is 0.505 e. The molecular weight excluding hydrogens is 374 g/mol. The van der Waals surface area contributed by atoms with E-state index in [2.05, 4.69) is 4.98 Å². The van der Waals surface area contributed by atoms with Crippen LogP contribution in [0.5, 0.6) is 5.75 Å². The standard InChI is InChI=1S/C21H21N3O5/c1-29-21(28)15-10-14-11-23(20(27)18-16(25)8-5-9-22-18)12-17(26)24(14)19(15)13-6-3-2-4-7-13/h2-9,14-15,19,25H,10-12H2,1H3/t14-,15-,19-/m0/s1. The molecule has 0 aliphatic carbocycles. The number of benzene rings is 1. The minimum atomic E-state index is -0.506. The Morgan fingerprint density at radius 1 is 1.17 bits per heavy atom. The molecule has 2 saturated heterocycles. The average molecular weight is 395 g/mol. The van der Waals surface area contributed by atoms with Crippen molar-refractivity contribution in [2.75, 3.05) is 20.2 Å². The summed E-state index contributed by atoms with van der Waals surface area (Å²) in [6, 6.07) is 11.5. The number of aromatic nitrogens is 1. The molecule has 2 amide bonds. The number of amides is 2. The number of carbonyl (C=O) groups is 3. The van der Waals surface area contributed by atoms with Gasteiger partial charge in [0.15, 0.2) is 5.69 Å². The van der Waals surface area contributed by atoms with E-state index in [-0.39, 0.29) is 42.5 Å². The summed E-state index contributed by atoms with van der Waals surface area (Å²) in [6.45, 7) is 0.125. The number of fused-ring (bicyclic) bond motifs is 1. The molecule has 0 spiro atoms. The van der Waals surface area contributed by atoms with Gasteiger partial charge in [0.05, 0.1) is 25.1 Å². The quantitative estimate of drug-likeness (QED) is 0.788. The normalized spacial score (nSPS) is 23.6. The molecule has 3 atom stereocenters. The van der Waals surface area contributed by atoms with Crippen molar-refractivity contribution in [3.8, 4) is 5.75 Å². The number of methoxy groups -OCH3 is 1. The Kier molecular flexibility index (Phi) is 4.92. The molecule has 2 aliphatic rings. The van der Waals surface area contributed by atoms with Gasteiger partial charge >= 0.3 is 5.97 Å². The van der Waals surface area contributed by atoms with Crippen molar-refractivity contribution in [1.82, 2.24) is 14.8 Å². The summed E-state index contributed by atoms with van der Waals surface area (Å²) in [4.78, 5) is 45.3. The summed E-state index contributed by atoms with van der Waals surface area (Å²) in [7, 11) is 1.34. The fraction of sp³-hybridized carbons (Fsp3) is 0.333. The van der Waals surface area contributed by atoms with E-state index in [4.69, 9.17) is 4.74 Å². The summed E-state index contributed by atoms with van der Waals surface area (Å²) >= 11 is 0.